The van der Waals surface area contributed by atoms with Crippen LogP contribution in [-0.4, -0.2) is 12.4 Å². The average molecular weight is 234 g/mol. The second-order valence-electron chi connectivity index (χ2n) is 3.57. The number of ketones is 1. The monoisotopic (exact) mass is 234 g/mol. The summed E-state index contributed by atoms with van der Waals surface area (Å²) in [6.45, 7) is 1.67. The number of thiol groups is 1. The van der Waals surface area contributed by atoms with Gasteiger partial charge in [-0.25, -0.2) is 0 Å². The maximum Gasteiger partial charge on any atom is 0.167 e. The Labute approximate surface area is 98.0 Å². The van der Waals surface area contributed by atoms with Crippen molar-refractivity contribution < 1.29 is 9.53 Å². The molecular weight excluding hydrogens is 220 g/mol. The van der Waals surface area contributed by atoms with Gasteiger partial charge in [0.15, 0.2) is 5.78 Å². The highest BCUT2D eigenvalue weighted by molar-refractivity contribution is 8.22. The maximum atomic E-state index is 10.8. The number of hydrogen-bond donors (Lipinski definition) is 1. The van der Waals surface area contributed by atoms with E-state index in [0.717, 1.165) is 5.75 Å². The third-order valence-corrected chi connectivity index (χ3v) is 4.06. The lowest BCUT2D eigenvalue weighted by Gasteiger charge is -2.11. The normalized spacial score (nSPS) is 15.4. The van der Waals surface area contributed by atoms with Crippen molar-refractivity contribution >= 4 is 16.7 Å². The maximum absolute atomic E-state index is 10.8. The van der Waals surface area contributed by atoms with E-state index in [-0.39, 0.29) is 23.3 Å². The van der Waals surface area contributed by atoms with E-state index >= 15 is 0 Å². The molecule has 1 aromatic rings. The van der Waals surface area contributed by atoms with Crippen LogP contribution in [0.3, 0.4) is 0 Å². The van der Waals surface area contributed by atoms with Gasteiger partial charge >= 0.3 is 0 Å². The SMILES string of the molecule is CC(=O)COc1ccc([SH]2C=CC=C2)cc1. The van der Waals surface area contributed by atoms with Crippen molar-refractivity contribution in [3.8, 4) is 5.75 Å². The molecule has 84 valence electrons. The van der Waals surface area contributed by atoms with Gasteiger partial charge in [-0.1, -0.05) is 12.2 Å². The van der Waals surface area contributed by atoms with Gasteiger partial charge in [-0.15, -0.1) is 0 Å². The molecule has 0 aromatic heterocycles. The molecule has 0 bridgehead atoms. The van der Waals surface area contributed by atoms with Crippen molar-refractivity contribution in [3.05, 3.63) is 47.2 Å². The van der Waals surface area contributed by atoms with E-state index in [1.54, 1.807) is 0 Å². The van der Waals surface area contributed by atoms with Gasteiger partial charge in [0.1, 0.15) is 12.4 Å². The molecule has 1 aliphatic rings. The first-order valence-electron chi connectivity index (χ1n) is 5.11. The molecule has 0 N–H and O–H groups in total. The van der Waals surface area contributed by atoms with Gasteiger partial charge < -0.3 is 4.74 Å². The highest BCUT2D eigenvalue weighted by Crippen LogP contribution is 2.42. The summed E-state index contributed by atoms with van der Waals surface area (Å²) in [5.41, 5.74) is 0. The van der Waals surface area contributed by atoms with Crippen LogP contribution in [0.15, 0.2) is 52.1 Å². The second-order valence-corrected chi connectivity index (χ2v) is 5.50. The topological polar surface area (TPSA) is 26.3 Å². The molecule has 0 radical (unpaired) electrons. The predicted molar refractivity (Wildman–Crippen MR) is 68.2 cm³/mol. The molecule has 2 rings (SSSR count). The lowest BCUT2D eigenvalue weighted by atomic mass is 10.3. The Morgan fingerprint density at radius 3 is 2.38 bits per heavy atom. The standard InChI is InChI=1S/C13H14O2S/c1-11(14)10-15-12-4-6-13(7-5-12)16-8-2-3-9-16/h2-9,16H,10H2,1H3. The summed E-state index contributed by atoms with van der Waals surface area (Å²) >= 11 is 0. The summed E-state index contributed by atoms with van der Waals surface area (Å²) in [6.07, 6.45) is 4.15. The zero-order valence-electron chi connectivity index (χ0n) is 9.09. The molecule has 0 saturated heterocycles. The van der Waals surface area contributed by atoms with Crippen molar-refractivity contribution in [2.45, 2.75) is 11.8 Å². The number of carbonyl (C=O) groups is 1. The number of rotatable bonds is 4. The molecule has 0 spiro atoms. The van der Waals surface area contributed by atoms with Gasteiger partial charge in [-0.3, -0.25) is 4.79 Å². The van der Waals surface area contributed by atoms with E-state index in [0.29, 0.717) is 0 Å². The first-order valence-corrected chi connectivity index (χ1v) is 6.59. The fourth-order valence-corrected chi connectivity index (χ4v) is 2.91. The van der Waals surface area contributed by atoms with Crippen LogP contribution in [0.1, 0.15) is 6.92 Å². The van der Waals surface area contributed by atoms with Crippen LogP contribution in [0, 0.1) is 0 Å². The van der Waals surface area contributed by atoms with Gasteiger partial charge in [0, 0.05) is 0 Å². The number of allylic oxidation sites excluding steroid dienone is 2. The molecule has 1 aliphatic heterocycles. The van der Waals surface area contributed by atoms with Crippen molar-refractivity contribution in [2.24, 2.45) is 0 Å². The molecule has 0 fully saturated rings. The molecule has 0 unspecified atom stereocenters. The van der Waals surface area contributed by atoms with Crippen molar-refractivity contribution in [3.63, 3.8) is 0 Å². The minimum Gasteiger partial charge on any atom is -0.486 e. The minimum absolute atomic E-state index is 0.0371. The fourth-order valence-electron chi connectivity index (χ4n) is 1.41. The van der Waals surface area contributed by atoms with Crippen LogP contribution in [0.25, 0.3) is 0 Å². The second kappa shape index (κ2) is 5.03. The molecule has 1 heterocycles. The first kappa shape index (κ1) is 11.0. The number of benzene rings is 1. The van der Waals surface area contributed by atoms with Crippen LogP contribution in [-0.2, 0) is 4.79 Å². The van der Waals surface area contributed by atoms with E-state index < -0.39 is 0 Å². The van der Waals surface area contributed by atoms with Crippen molar-refractivity contribution in [1.29, 1.82) is 0 Å². The van der Waals surface area contributed by atoms with E-state index in [2.05, 4.69) is 35.1 Å². The van der Waals surface area contributed by atoms with E-state index in [1.165, 1.54) is 11.8 Å². The molecule has 16 heavy (non-hydrogen) atoms. The molecule has 3 heteroatoms. The average Bonchev–Trinajstić information content (AvgIpc) is 2.80. The molecule has 2 nitrogen and oxygen atoms in total. The number of ether oxygens (including phenoxy) is 1. The van der Waals surface area contributed by atoms with E-state index in [4.69, 9.17) is 4.74 Å². The summed E-state index contributed by atoms with van der Waals surface area (Å²) in [5.74, 6) is 0.788. The van der Waals surface area contributed by atoms with Gasteiger partial charge in [-0.2, -0.15) is 10.9 Å². The smallest absolute Gasteiger partial charge is 0.167 e. The van der Waals surface area contributed by atoms with Gasteiger partial charge in [0.2, 0.25) is 0 Å². The van der Waals surface area contributed by atoms with Gasteiger partial charge in [0.25, 0.3) is 0 Å². The van der Waals surface area contributed by atoms with Crippen molar-refractivity contribution in [2.75, 3.05) is 6.61 Å². The molecular formula is C13H14O2S. The highest BCUT2D eigenvalue weighted by atomic mass is 32.2. The summed E-state index contributed by atoms with van der Waals surface area (Å²) in [4.78, 5) is 12.1. The zero-order chi connectivity index (χ0) is 11.4. The molecule has 0 atom stereocenters. The molecule has 1 aromatic carbocycles. The zero-order valence-corrected chi connectivity index (χ0v) is 9.98. The highest BCUT2D eigenvalue weighted by Gasteiger charge is 2.03. The third-order valence-electron chi connectivity index (χ3n) is 2.18. The Bertz CT molecular complexity index is 420. The lowest BCUT2D eigenvalue weighted by Crippen LogP contribution is -2.06. The Morgan fingerprint density at radius 1 is 1.19 bits per heavy atom. The number of hydrogen-bond acceptors (Lipinski definition) is 2. The Morgan fingerprint density at radius 2 is 1.81 bits per heavy atom. The van der Waals surface area contributed by atoms with Gasteiger partial charge in [0.05, 0.1) is 0 Å². The number of Topliss-reactive ketones (excluding diaryl/α,β-unsaturated/α-hetero) is 1. The fraction of sp³-hybridized carbons (Fsp3) is 0.154. The van der Waals surface area contributed by atoms with E-state index in [1.807, 2.05) is 12.1 Å². The first-order chi connectivity index (χ1) is 7.75. The number of carbonyl (C=O) groups excluding carboxylic acids is 1. The Kier molecular flexibility index (Phi) is 3.47. The molecule has 0 aliphatic carbocycles. The molecule has 0 saturated carbocycles. The largest absolute Gasteiger partial charge is 0.486 e. The van der Waals surface area contributed by atoms with Crippen LogP contribution in [0.4, 0.5) is 0 Å². The lowest BCUT2D eigenvalue weighted by molar-refractivity contribution is -0.118. The summed E-state index contributed by atoms with van der Waals surface area (Å²) in [7, 11) is -0.258. The minimum atomic E-state index is -0.258. The summed E-state index contributed by atoms with van der Waals surface area (Å²) in [5, 5.41) is 4.42. The van der Waals surface area contributed by atoms with Crippen LogP contribution in [0.2, 0.25) is 0 Å². The summed E-state index contributed by atoms with van der Waals surface area (Å²) < 4.78 is 5.31. The van der Waals surface area contributed by atoms with Gasteiger partial charge in [-0.05, 0) is 46.9 Å². The van der Waals surface area contributed by atoms with Crippen LogP contribution < -0.4 is 4.74 Å². The predicted octanol–water partition coefficient (Wildman–Crippen LogP) is 3.06. The molecule has 0 amide bonds. The Hall–Kier alpha value is -1.48. The van der Waals surface area contributed by atoms with Crippen LogP contribution >= 0.6 is 10.9 Å². The quantitative estimate of drug-likeness (QED) is 0.810. The van der Waals surface area contributed by atoms with Crippen LogP contribution in [0.5, 0.6) is 5.75 Å². The summed E-state index contributed by atoms with van der Waals surface area (Å²) in [6, 6.07) is 7.95. The van der Waals surface area contributed by atoms with Crippen molar-refractivity contribution in [1.82, 2.24) is 0 Å². The van der Waals surface area contributed by atoms with E-state index in [9.17, 15) is 4.79 Å². The Balaban J connectivity index is 2.01. The third kappa shape index (κ3) is 2.76.